The minimum Gasteiger partial charge on any atom is -0.353 e. The summed E-state index contributed by atoms with van der Waals surface area (Å²) in [4.78, 5) is 11.8. The van der Waals surface area contributed by atoms with E-state index >= 15 is 0 Å². The van der Waals surface area contributed by atoms with E-state index in [0.29, 0.717) is 25.2 Å². The minimum absolute atomic E-state index is 0.0419. The molecule has 2 fully saturated rings. The lowest BCUT2D eigenvalue weighted by molar-refractivity contribution is -0.184. The van der Waals surface area contributed by atoms with Gasteiger partial charge in [-0.1, -0.05) is 6.42 Å². The molecule has 0 aromatic rings. The molecule has 3 unspecified atom stereocenters. The number of carbonyl (C=O) groups excluding carboxylic acids is 1. The second-order valence-electron chi connectivity index (χ2n) is 6.07. The van der Waals surface area contributed by atoms with E-state index in [1.54, 1.807) is 0 Å². The van der Waals surface area contributed by atoms with Crippen molar-refractivity contribution in [3.05, 3.63) is 0 Å². The van der Waals surface area contributed by atoms with Gasteiger partial charge in [0.25, 0.3) is 0 Å². The lowest BCUT2D eigenvalue weighted by Gasteiger charge is -2.31. The molecule has 2 aliphatic rings. The van der Waals surface area contributed by atoms with Gasteiger partial charge in [0.2, 0.25) is 5.91 Å². The number of halogens is 3. The molecule has 6 heteroatoms. The zero-order valence-corrected chi connectivity index (χ0v) is 11.6. The summed E-state index contributed by atoms with van der Waals surface area (Å²) in [5.74, 6) is -0.805. The van der Waals surface area contributed by atoms with Gasteiger partial charge in [-0.25, -0.2) is 0 Å². The number of rotatable bonds is 4. The summed E-state index contributed by atoms with van der Waals surface area (Å²) in [6, 6.07) is -0.301. The van der Waals surface area contributed by atoms with Crippen molar-refractivity contribution in [2.45, 2.75) is 57.2 Å². The molecule has 0 radical (unpaired) electrons. The minimum atomic E-state index is -4.13. The Morgan fingerprint density at radius 2 is 2.05 bits per heavy atom. The number of amides is 1. The number of hydrogen-bond donors (Lipinski definition) is 2. The van der Waals surface area contributed by atoms with E-state index in [0.717, 1.165) is 25.9 Å². The third-order valence-electron chi connectivity index (χ3n) is 4.44. The maximum Gasteiger partial charge on any atom is 0.391 e. The second-order valence-corrected chi connectivity index (χ2v) is 6.07. The highest BCUT2D eigenvalue weighted by Crippen LogP contribution is 2.37. The van der Waals surface area contributed by atoms with Gasteiger partial charge in [-0.05, 0) is 51.1 Å². The maximum atomic E-state index is 12.7. The van der Waals surface area contributed by atoms with Crippen LogP contribution < -0.4 is 10.6 Å². The SMILES string of the molecule is O=C(CCC1CCNC1)NC1CCCC(C(F)(F)F)C1. The van der Waals surface area contributed by atoms with E-state index in [1.165, 1.54) is 0 Å². The Morgan fingerprint density at radius 3 is 2.70 bits per heavy atom. The Labute approximate surface area is 117 Å². The van der Waals surface area contributed by atoms with Crippen LogP contribution in [0, 0.1) is 11.8 Å². The first-order chi connectivity index (χ1) is 9.45. The number of alkyl halides is 3. The molecule has 0 aromatic heterocycles. The third-order valence-corrected chi connectivity index (χ3v) is 4.44. The number of hydrogen-bond acceptors (Lipinski definition) is 2. The van der Waals surface area contributed by atoms with Crippen LogP contribution in [0.25, 0.3) is 0 Å². The molecule has 1 amide bonds. The highest BCUT2D eigenvalue weighted by atomic mass is 19.4. The first kappa shape index (κ1) is 15.6. The molecule has 0 spiro atoms. The normalized spacial score (nSPS) is 31.2. The second kappa shape index (κ2) is 6.78. The third kappa shape index (κ3) is 4.65. The van der Waals surface area contributed by atoms with Crippen LogP contribution in [0.2, 0.25) is 0 Å². The number of carbonyl (C=O) groups is 1. The molecule has 2 N–H and O–H groups in total. The van der Waals surface area contributed by atoms with Gasteiger partial charge >= 0.3 is 6.18 Å². The monoisotopic (exact) mass is 292 g/mol. The van der Waals surface area contributed by atoms with Gasteiger partial charge in [0.1, 0.15) is 0 Å². The van der Waals surface area contributed by atoms with Gasteiger partial charge < -0.3 is 10.6 Å². The first-order valence-corrected chi connectivity index (χ1v) is 7.52. The predicted molar refractivity (Wildman–Crippen MR) is 70.2 cm³/mol. The molecule has 3 atom stereocenters. The molecule has 2 rings (SSSR count). The zero-order chi connectivity index (χ0) is 14.6. The van der Waals surface area contributed by atoms with Gasteiger partial charge in [-0.3, -0.25) is 4.79 Å². The van der Waals surface area contributed by atoms with Crippen LogP contribution in [0.4, 0.5) is 13.2 Å². The molecule has 0 bridgehead atoms. The van der Waals surface area contributed by atoms with Crippen LogP contribution >= 0.6 is 0 Å². The Bertz CT molecular complexity index is 327. The Balaban J connectivity index is 1.70. The molecule has 3 nitrogen and oxygen atoms in total. The van der Waals surface area contributed by atoms with Crippen LogP contribution in [-0.2, 0) is 4.79 Å². The van der Waals surface area contributed by atoms with Gasteiger partial charge in [0.05, 0.1) is 5.92 Å². The Morgan fingerprint density at radius 1 is 1.25 bits per heavy atom. The summed E-state index contributed by atoms with van der Waals surface area (Å²) < 4.78 is 38.1. The van der Waals surface area contributed by atoms with E-state index < -0.39 is 12.1 Å². The predicted octanol–water partition coefficient (Wildman–Crippen LogP) is 2.61. The van der Waals surface area contributed by atoms with Crippen LogP contribution in [-0.4, -0.2) is 31.2 Å². The molecule has 116 valence electrons. The van der Waals surface area contributed by atoms with Gasteiger partial charge in [-0.2, -0.15) is 13.2 Å². The van der Waals surface area contributed by atoms with E-state index in [1.807, 2.05) is 0 Å². The Hall–Kier alpha value is -0.780. The fourth-order valence-corrected chi connectivity index (χ4v) is 3.21. The van der Waals surface area contributed by atoms with Gasteiger partial charge in [0.15, 0.2) is 0 Å². The molecular weight excluding hydrogens is 269 g/mol. The van der Waals surface area contributed by atoms with Crippen molar-refractivity contribution < 1.29 is 18.0 Å². The average Bonchev–Trinajstić information content (AvgIpc) is 2.89. The van der Waals surface area contributed by atoms with E-state index in [2.05, 4.69) is 10.6 Å². The van der Waals surface area contributed by atoms with Crippen molar-refractivity contribution in [2.75, 3.05) is 13.1 Å². The van der Waals surface area contributed by atoms with E-state index in [9.17, 15) is 18.0 Å². The standard InChI is InChI=1S/C14H23F3N2O/c15-14(16,17)11-2-1-3-12(8-11)19-13(20)5-4-10-6-7-18-9-10/h10-12,18H,1-9H2,(H,19,20). The topological polar surface area (TPSA) is 41.1 Å². The largest absolute Gasteiger partial charge is 0.391 e. The van der Waals surface area contributed by atoms with E-state index in [4.69, 9.17) is 0 Å². The Kier molecular flexibility index (Phi) is 5.29. The fraction of sp³-hybridized carbons (Fsp3) is 0.929. The quantitative estimate of drug-likeness (QED) is 0.836. The molecule has 1 heterocycles. The smallest absolute Gasteiger partial charge is 0.353 e. The fourth-order valence-electron chi connectivity index (χ4n) is 3.21. The summed E-state index contributed by atoms with van der Waals surface area (Å²) >= 11 is 0. The highest BCUT2D eigenvalue weighted by Gasteiger charge is 2.42. The molecule has 0 aromatic carbocycles. The summed E-state index contributed by atoms with van der Waals surface area (Å²) in [5.41, 5.74) is 0. The lowest BCUT2D eigenvalue weighted by atomic mass is 9.85. The highest BCUT2D eigenvalue weighted by molar-refractivity contribution is 5.76. The van der Waals surface area contributed by atoms with Crippen molar-refractivity contribution in [3.8, 4) is 0 Å². The molecule has 20 heavy (non-hydrogen) atoms. The number of nitrogens with one attached hydrogen (secondary N) is 2. The van der Waals surface area contributed by atoms with Crippen LogP contribution in [0.15, 0.2) is 0 Å². The van der Waals surface area contributed by atoms with Gasteiger partial charge in [0, 0.05) is 12.5 Å². The molecule has 1 saturated carbocycles. The zero-order valence-electron chi connectivity index (χ0n) is 11.6. The van der Waals surface area contributed by atoms with Crippen molar-refractivity contribution in [3.63, 3.8) is 0 Å². The molecule has 1 saturated heterocycles. The summed E-state index contributed by atoms with van der Waals surface area (Å²) in [6.45, 7) is 1.95. The maximum absolute atomic E-state index is 12.7. The van der Waals surface area contributed by atoms with Crippen LogP contribution in [0.3, 0.4) is 0 Å². The summed E-state index contributed by atoms with van der Waals surface area (Å²) in [5, 5.41) is 6.03. The van der Waals surface area contributed by atoms with E-state index in [-0.39, 0.29) is 24.8 Å². The van der Waals surface area contributed by atoms with Crippen molar-refractivity contribution in [2.24, 2.45) is 11.8 Å². The van der Waals surface area contributed by atoms with Gasteiger partial charge in [-0.15, -0.1) is 0 Å². The lowest BCUT2D eigenvalue weighted by Crippen LogP contribution is -2.41. The molecule has 1 aliphatic heterocycles. The van der Waals surface area contributed by atoms with Crippen LogP contribution in [0.1, 0.15) is 44.9 Å². The summed E-state index contributed by atoms with van der Waals surface area (Å²) in [7, 11) is 0. The van der Waals surface area contributed by atoms with Crippen LogP contribution in [0.5, 0.6) is 0 Å². The van der Waals surface area contributed by atoms with Crippen molar-refractivity contribution >= 4 is 5.91 Å². The van der Waals surface area contributed by atoms with Crippen molar-refractivity contribution in [1.29, 1.82) is 0 Å². The van der Waals surface area contributed by atoms with Crippen molar-refractivity contribution in [1.82, 2.24) is 10.6 Å². The molecular formula is C14H23F3N2O. The first-order valence-electron chi connectivity index (χ1n) is 7.52. The molecule has 1 aliphatic carbocycles. The average molecular weight is 292 g/mol. The summed E-state index contributed by atoms with van der Waals surface area (Å²) in [6.07, 6.45) is -0.325.